The predicted octanol–water partition coefficient (Wildman–Crippen LogP) is 4.48. The molecular weight excluding hydrogens is 398 g/mol. The van der Waals surface area contributed by atoms with E-state index < -0.39 is 64.9 Å². The molecule has 2 rings (SSSR count). The third kappa shape index (κ3) is 4.03. The zero-order valence-corrected chi connectivity index (χ0v) is 16.6. The third-order valence-corrected chi connectivity index (χ3v) is 5.59. The summed E-state index contributed by atoms with van der Waals surface area (Å²) in [6.07, 6.45) is 3.37. The molecule has 1 aromatic rings. The molecule has 1 fully saturated rings. The number of carbonyl (C=O) groups excluding carboxylic acids is 1. The first-order valence-corrected chi connectivity index (χ1v) is 9.49. The van der Waals surface area contributed by atoms with Crippen LogP contribution in [0.5, 0.6) is 0 Å². The van der Waals surface area contributed by atoms with E-state index in [4.69, 9.17) is 10.00 Å². The maximum Gasteiger partial charge on any atom is 0.310 e. The number of hydrogen-bond acceptors (Lipinski definition) is 5. The first-order valence-electron chi connectivity index (χ1n) is 8.26. The molecule has 2 atom stereocenters. The molecule has 1 saturated carbocycles. The van der Waals surface area contributed by atoms with Crippen LogP contribution in [0, 0.1) is 51.9 Å². The van der Waals surface area contributed by atoms with Gasteiger partial charge in [-0.3, -0.25) is 4.79 Å². The van der Waals surface area contributed by atoms with E-state index in [0.29, 0.717) is 4.91 Å². The molecule has 0 saturated heterocycles. The van der Waals surface area contributed by atoms with Crippen LogP contribution >= 0.6 is 11.8 Å². The van der Waals surface area contributed by atoms with Gasteiger partial charge in [0, 0.05) is 7.11 Å². The minimum absolute atomic E-state index is 0.283. The lowest BCUT2D eigenvalue weighted by Gasteiger charge is -2.12. The number of thioether (sulfide) groups is 1. The summed E-state index contributed by atoms with van der Waals surface area (Å²) in [5.74, 6) is -8.09. The van der Waals surface area contributed by atoms with Gasteiger partial charge in [0.1, 0.15) is 12.7 Å². The van der Waals surface area contributed by atoms with E-state index in [1.165, 1.54) is 11.8 Å². The molecule has 0 spiro atoms. The Morgan fingerprint density at radius 3 is 2.07 bits per heavy atom. The number of nitrogens with zero attached hydrogens (tertiary/aromatic N) is 1. The Morgan fingerprint density at radius 1 is 1.14 bits per heavy atom. The van der Waals surface area contributed by atoms with Crippen LogP contribution in [0.3, 0.4) is 0 Å². The Bertz CT molecular complexity index is 835. The number of rotatable bonds is 7. The molecule has 4 nitrogen and oxygen atoms in total. The van der Waals surface area contributed by atoms with Gasteiger partial charge in [-0.25, -0.2) is 17.6 Å². The molecule has 1 aliphatic carbocycles. The molecule has 0 unspecified atom stereocenters. The fourth-order valence-electron chi connectivity index (χ4n) is 3.11. The van der Waals surface area contributed by atoms with Gasteiger partial charge in [-0.15, -0.1) is 11.8 Å². The maximum absolute atomic E-state index is 14.1. The maximum atomic E-state index is 14.1. The number of allylic oxidation sites excluding steroid dienone is 2. The lowest BCUT2D eigenvalue weighted by Crippen LogP contribution is -2.15. The number of ether oxygens (including phenoxy) is 2. The van der Waals surface area contributed by atoms with Crippen LogP contribution in [0.2, 0.25) is 0 Å². The number of esters is 1. The van der Waals surface area contributed by atoms with E-state index in [1.54, 1.807) is 26.2 Å². The second-order valence-electron chi connectivity index (χ2n) is 6.93. The van der Waals surface area contributed by atoms with E-state index in [2.05, 4.69) is 4.74 Å². The average molecular weight is 417 g/mol. The number of benzene rings is 1. The lowest BCUT2D eigenvalue weighted by atomic mass is 10.1. The molecule has 0 amide bonds. The van der Waals surface area contributed by atoms with E-state index >= 15 is 0 Å². The fourth-order valence-corrected chi connectivity index (χ4v) is 3.48. The van der Waals surface area contributed by atoms with Gasteiger partial charge in [-0.05, 0) is 17.6 Å². The van der Waals surface area contributed by atoms with Crippen molar-refractivity contribution < 1.29 is 31.8 Å². The fraction of sp³-hybridized carbons (Fsp3) is 0.474. The summed E-state index contributed by atoms with van der Waals surface area (Å²) in [6, 6.07) is 2.00. The number of hydrogen-bond donors (Lipinski definition) is 0. The molecule has 0 radical (unpaired) electrons. The second kappa shape index (κ2) is 8.53. The molecule has 0 N–H and O–H groups in total. The van der Waals surface area contributed by atoms with Crippen LogP contribution in [0.4, 0.5) is 17.6 Å². The highest BCUT2D eigenvalue weighted by Crippen LogP contribution is 2.60. The summed E-state index contributed by atoms with van der Waals surface area (Å²) in [6.45, 7) is 1.98. The summed E-state index contributed by atoms with van der Waals surface area (Å²) >= 11 is 1.23. The van der Waals surface area contributed by atoms with E-state index in [0.717, 1.165) is 7.11 Å². The summed E-state index contributed by atoms with van der Waals surface area (Å²) in [5.41, 5.74) is -2.39. The Morgan fingerprint density at radius 2 is 1.64 bits per heavy atom. The standard InChI is InChI=1S/C19H19F4NO3S/c1-19(2)12(5-9(6-24)28-4)13(19)18(25)27-8-11-16(22)14(20)10(7-26-3)15(21)17(11)23/h5,12-13H,7-8H2,1-4H3/b9-5+/t12-,13+/m1/s1. The summed E-state index contributed by atoms with van der Waals surface area (Å²) in [7, 11) is 1.13. The Labute approximate surface area is 164 Å². The van der Waals surface area contributed by atoms with Crippen molar-refractivity contribution in [1.29, 1.82) is 5.26 Å². The average Bonchev–Trinajstić information content (AvgIpc) is 3.21. The van der Waals surface area contributed by atoms with Gasteiger partial charge in [0.2, 0.25) is 0 Å². The predicted molar refractivity (Wildman–Crippen MR) is 94.8 cm³/mol. The quantitative estimate of drug-likeness (QED) is 0.283. The molecule has 1 aromatic carbocycles. The molecule has 152 valence electrons. The van der Waals surface area contributed by atoms with Crippen molar-refractivity contribution in [2.75, 3.05) is 13.4 Å². The normalized spacial score (nSPS) is 20.6. The molecule has 9 heteroatoms. The van der Waals surface area contributed by atoms with E-state index in [9.17, 15) is 22.4 Å². The van der Waals surface area contributed by atoms with E-state index in [1.807, 2.05) is 6.07 Å². The minimum Gasteiger partial charge on any atom is -0.460 e. The molecule has 0 aliphatic heterocycles. The van der Waals surface area contributed by atoms with Crippen molar-refractivity contribution in [3.8, 4) is 6.07 Å². The van der Waals surface area contributed by atoms with Crippen molar-refractivity contribution in [2.24, 2.45) is 17.3 Å². The van der Waals surface area contributed by atoms with Crippen molar-refractivity contribution >= 4 is 17.7 Å². The summed E-state index contributed by atoms with van der Waals surface area (Å²) < 4.78 is 65.6. The van der Waals surface area contributed by atoms with Crippen molar-refractivity contribution in [3.05, 3.63) is 45.4 Å². The van der Waals surface area contributed by atoms with Gasteiger partial charge in [-0.1, -0.05) is 19.9 Å². The van der Waals surface area contributed by atoms with Crippen LogP contribution in [-0.4, -0.2) is 19.3 Å². The first kappa shape index (κ1) is 22.2. The van der Waals surface area contributed by atoms with Crippen LogP contribution in [0.15, 0.2) is 11.0 Å². The molecule has 1 aliphatic rings. The number of carbonyl (C=O) groups is 1. The van der Waals surface area contributed by atoms with Gasteiger partial charge in [0.15, 0.2) is 23.3 Å². The minimum atomic E-state index is -1.63. The highest BCUT2D eigenvalue weighted by Gasteiger charge is 2.61. The molecule has 28 heavy (non-hydrogen) atoms. The number of halogens is 4. The van der Waals surface area contributed by atoms with Gasteiger partial charge in [-0.2, -0.15) is 5.26 Å². The van der Waals surface area contributed by atoms with Crippen LogP contribution in [0.25, 0.3) is 0 Å². The molecular formula is C19H19F4NO3S. The largest absolute Gasteiger partial charge is 0.460 e. The van der Waals surface area contributed by atoms with Gasteiger partial charge in [0.25, 0.3) is 0 Å². The third-order valence-electron chi connectivity index (χ3n) is 4.92. The Balaban J connectivity index is 2.18. The zero-order chi connectivity index (χ0) is 21.2. The summed E-state index contributed by atoms with van der Waals surface area (Å²) in [4.78, 5) is 12.8. The van der Waals surface area contributed by atoms with E-state index in [-0.39, 0.29) is 5.92 Å². The van der Waals surface area contributed by atoms with Crippen LogP contribution < -0.4 is 0 Å². The highest BCUT2D eigenvalue weighted by atomic mass is 32.2. The molecule has 0 bridgehead atoms. The Hall–Kier alpha value is -2.05. The van der Waals surface area contributed by atoms with Gasteiger partial charge in [0.05, 0.1) is 28.6 Å². The second-order valence-corrected chi connectivity index (χ2v) is 7.77. The number of nitriles is 1. The van der Waals surface area contributed by atoms with Crippen molar-refractivity contribution in [3.63, 3.8) is 0 Å². The molecule has 0 aromatic heterocycles. The SMILES string of the molecule is COCc1c(F)c(F)c(COC(=O)[C@@H]2[C@@H](/C=C(\C#N)SC)C2(C)C)c(F)c1F. The zero-order valence-electron chi connectivity index (χ0n) is 15.7. The van der Waals surface area contributed by atoms with Gasteiger partial charge < -0.3 is 9.47 Å². The lowest BCUT2D eigenvalue weighted by molar-refractivity contribution is -0.147. The van der Waals surface area contributed by atoms with Crippen molar-refractivity contribution in [1.82, 2.24) is 0 Å². The first-order chi connectivity index (χ1) is 13.1. The van der Waals surface area contributed by atoms with Gasteiger partial charge >= 0.3 is 5.97 Å². The smallest absolute Gasteiger partial charge is 0.310 e. The topological polar surface area (TPSA) is 59.3 Å². The Kier molecular flexibility index (Phi) is 6.78. The highest BCUT2D eigenvalue weighted by molar-refractivity contribution is 8.02. The molecule has 0 heterocycles. The van der Waals surface area contributed by atoms with Crippen molar-refractivity contribution in [2.45, 2.75) is 27.1 Å². The van der Waals surface area contributed by atoms with Crippen LogP contribution in [0.1, 0.15) is 25.0 Å². The monoisotopic (exact) mass is 417 g/mol. The number of methoxy groups -OCH3 is 1. The van der Waals surface area contributed by atoms with Crippen LogP contribution in [-0.2, 0) is 27.5 Å². The summed E-state index contributed by atoms with van der Waals surface area (Å²) in [5, 5.41) is 9.00.